The number of ether oxygens (including phenoxy) is 2. The molecule has 3 rings (SSSR count). The minimum Gasteiger partial charge on any atom is -0.497 e. The van der Waals surface area contributed by atoms with Crippen molar-refractivity contribution in [2.75, 3.05) is 21.3 Å². The number of methoxy groups -OCH3 is 2. The summed E-state index contributed by atoms with van der Waals surface area (Å²) in [5, 5.41) is 11.3. The SMILES string of the molecule is COc1ccc(OC)c(C2=CC([C@]3(C)CC(=O)N(C)C(=N)N3)CC=C2)c1. The van der Waals surface area contributed by atoms with E-state index in [1.54, 1.807) is 21.3 Å². The monoisotopic (exact) mass is 355 g/mol. The predicted molar refractivity (Wildman–Crippen MR) is 101 cm³/mol. The van der Waals surface area contributed by atoms with Gasteiger partial charge in [-0.15, -0.1) is 0 Å². The lowest BCUT2D eigenvalue weighted by molar-refractivity contribution is -0.129. The van der Waals surface area contributed by atoms with Crippen LogP contribution in [0.2, 0.25) is 0 Å². The molecule has 0 spiro atoms. The third-order valence-corrected chi connectivity index (χ3v) is 5.24. The predicted octanol–water partition coefficient (Wildman–Crippen LogP) is 2.81. The van der Waals surface area contributed by atoms with Crippen molar-refractivity contribution in [3.05, 3.63) is 42.0 Å². The first kappa shape index (κ1) is 18.0. The van der Waals surface area contributed by atoms with Gasteiger partial charge in [0.15, 0.2) is 5.96 Å². The minimum absolute atomic E-state index is 0.0419. The van der Waals surface area contributed by atoms with Crippen molar-refractivity contribution in [3.8, 4) is 11.5 Å². The Kier molecular flexibility index (Phi) is 4.76. The third-order valence-electron chi connectivity index (χ3n) is 5.24. The highest BCUT2D eigenvalue weighted by Gasteiger charge is 2.41. The van der Waals surface area contributed by atoms with E-state index in [0.29, 0.717) is 6.42 Å². The highest BCUT2D eigenvalue weighted by atomic mass is 16.5. The number of carbonyl (C=O) groups excluding carboxylic acids is 1. The first-order chi connectivity index (χ1) is 12.4. The number of hydrogen-bond acceptors (Lipinski definition) is 4. The van der Waals surface area contributed by atoms with Gasteiger partial charge in [0, 0.05) is 18.5 Å². The van der Waals surface area contributed by atoms with Crippen molar-refractivity contribution in [1.82, 2.24) is 10.2 Å². The number of benzene rings is 1. The smallest absolute Gasteiger partial charge is 0.231 e. The highest BCUT2D eigenvalue weighted by molar-refractivity contribution is 5.99. The molecule has 1 heterocycles. The number of guanidine groups is 1. The lowest BCUT2D eigenvalue weighted by atomic mass is 9.75. The molecule has 1 aliphatic heterocycles. The second kappa shape index (κ2) is 6.86. The third kappa shape index (κ3) is 3.19. The van der Waals surface area contributed by atoms with Gasteiger partial charge in [0.25, 0.3) is 0 Å². The van der Waals surface area contributed by atoms with Crippen LogP contribution in [-0.2, 0) is 4.79 Å². The van der Waals surface area contributed by atoms with Crippen LogP contribution in [0.3, 0.4) is 0 Å². The van der Waals surface area contributed by atoms with E-state index in [9.17, 15) is 4.79 Å². The Labute approximate surface area is 154 Å². The van der Waals surface area contributed by atoms with Crippen molar-refractivity contribution in [3.63, 3.8) is 0 Å². The molecule has 2 N–H and O–H groups in total. The molecule has 1 aromatic rings. The molecule has 2 aliphatic rings. The molecule has 0 bridgehead atoms. The fourth-order valence-electron chi connectivity index (χ4n) is 3.52. The Balaban J connectivity index is 1.96. The largest absolute Gasteiger partial charge is 0.497 e. The van der Waals surface area contributed by atoms with E-state index in [0.717, 1.165) is 29.1 Å². The van der Waals surface area contributed by atoms with E-state index in [4.69, 9.17) is 14.9 Å². The second-order valence-electron chi connectivity index (χ2n) is 6.95. The van der Waals surface area contributed by atoms with Crippen LogP contribution >= 0.6 is 0 Å². The van der Waals surface area contributed by atoms with Crippen LogP contribution in [0.25, 0.3) is 5.57 Å². The number of allylic oxidation sites excluding steroid dienone is 3. The molecule has 6 nitrogen and oxygen atoms in total. The summed E-state index contributed by atoms with van der Waals surface area (Å²) in [5.74, 6) is 1.72. The van der Waals surface area contributed by atoms with Crippen molar-refractivity contribution in [1.29, 1.82) is 5.41 Å². The Bertz CT molecular complexity index is 779. The molecular weight excluding hydrogens is 330 g/mol. The van der Waals surface area contributed by atoms with Crippen molar-refractivity contribution < 1.29 is 14.3 Å². The Morgan fingerprint density at radius 2 is 2.08 bits per heavy atom. The van der Waals surface area contributed by atoms with Gasteiger partial charge in [0.2, 0.25) is 5.91 Å². The maximum absolute atomic E-state index is 12.3. The normalized spacial score (nSPS) is 25.6. The first-order valence-electron chi connectivity index (χ1n) is 8.62. The van der Waals surface area contributed by atoms with Crippen LogP contribution in [0, 0.1) is 11.3 Å². The number of amides is 1. The molecule has 0 saturated carbocycles. The summed E-state index contributed by atoms with van der Waals surface area (Å²) in [6.45, 7) is 2.01. The first-order valence-corrected chi connectivity index (χ1v) is 8.62. The Hall–Kier alpha value is -2.76. The van der Waals surface area contributed by atoms with Gasteiger partial charge in [-0.3, -0.25) is 15.1 Å². The zero-order valence-electron chi connectivity index (χ0n) is 15.6. The lowest BCUT2D eigenvalue weighted by Crippen LogP contribution is -2.62. The van der Waals surface area contributed by atoms with Crippen LogP contribution in [-0.4, -0.2) is 43.6 Å². The summed E-state index contributed by atoms with van der Waals surface area (Å²) >= 11 is 0. The van der Waals surface area contributed by atoms with Gasteiger partial charge in [-0.05, 0) is 37.1 Å². The molecule has 1 aromatic carbocycles. The van der Waals surface area contributed by atoms with E-state index >= 15 is 0 Å². The average Bonchev–Trinajstić information content (AvgIpc) is 2.65. The van der Waals surface area contributed by atoms with Crippen LogP contribution < -0.4 is 14.8 Å². The van der Waals surface area contributed by atoms with Gasteiger partial charge < -0.3 is 14.8 Å². The van der Waals surface area contributed by atoms with Crippen LogP contribution in [0.15, 0.2) is 36.4 Å². The number of hydrogen-bond donors (Lipinski definition) is 2. The topological polar surface area (TPSA) is 74.7 Å². The second-order valence-corrected chi connectivity index (χ2v) is 6.95. The average molecular weight is 355 g/mol. The van der Waals surface area contributed by atoms with E-state index < -0.39 is 5.54 Å². The molecule has 1 unspecified atom stereocenters. The minimum atomic E-state index is -0.497. The fourth-order valence-corrected chi connectivity index (χ4v) is 3.52. The summed E-state index contributed by atoms with van der Waals surface area (Å²) in [6, 6.07) is 5.71. The van der Waals surface area contributed by atoms with Crippen molar-refractivity contribution in [2.45, 2.75) is 25.3 Å². The highest BCUT2D eigenvalue weighted by Crippen LogP contribution is 2.38. The summed E-state index contributed by atoms with van der Waals surface area (Å²) in [5.41, 5.74) is 1.48. The number of carbonyl (C=O) groups is 1. The molecule has 2 atom stereocenters. The molecule has 1 amide bonds. The molecule has 1 fully saturated rings. The van der Waals surface area contributed by atoms with Crippen LogP contribution in [0.5, 0.6) is 11.5 Å². The van der Waals surface area contributed by atoms with Gasteiger partial charge >= 0.3 is 0 Å². The molecule has 6 heteroatoms. The van der Waals surface area contributed by atoms with Gasteiger partial charge in [0.05, 0.1) is 26.2 Å². The summed E-state index contributed by atoms with van der Waals surface area (Å²) in [7, 11) is 4.91. The number of nitrogens with one attached hydrogen (secondary N) is 2. The molecule has 0 radical (unpaired) electrons. The van der Waals surface area contributed by atoms with Gasteiger partial charge in [-0.1, -0.05) is 18.2 Å². The van der Waals surface area contributed by atoms with E-state index in [-0.39, 0.29) is 17.8 Å². The number of rotatable bonds is 4. The zero-order valence-corrected chi connectivity index (χ0v) is 15.6. The van der Waals surface area contributed by atoms with Crippen molar-refractivity contribution >= 4 is 17.4 Å². The number of nitrogens with zero attached hydrogens (tertiary/aromatic N) is 1. The van der Waals surface area contributed by atoms with Gasteiger partial charge in [-0.25, -0.2) is 0 Å². The Morgan fingerprint density at radius 3 is 2.73 bits per heavy atom. The standard InChI is InChI=1S/C20H25N3O3/c1-20(12-18(24)23(2)19(21)22-20)14-7-5-6-13(10-14)16-11-15(25-3)8-9-17(16)26-4/h5-6,8-11,14H,7,12H2,1-4H3,(H2,21,22)/t14?,20-/m0/s1. The van der Waals surface area contributed by atoms with E-state index in [1.165, 1.54) is 4.90 Å². The van der Waals surface area contributed by atoms with Crippen molar-refractivity contribution in [2.24, 2.45) is 5.92 Å². The quantitative estimate of drug-likeness (QED) is 0.871. The summed E-state index contributed by atoms with van der Waals surface area (Å²) in [6.07, 6.45) is 7.50. The van der Waals surface area contributed by atoms with Gasteiger partial charge in [0.1, 0.15) is 11.5 Å². The van der Waals surface area contributed by atoms with E-state index in [1.807, 2.05) is 25.1 Å². The Morgan fingerprint density at radius 1 is 1.31 bits per heavy atom. The molecule has 1 aliphatic carbocycles. The van der Waals surface area contributed by atoms with Crippen LogP contribution in [0.1, 0.15) is 25.3 Å². The van der Waals surface area contributed by atoms with Crippen LogP contribution in [0.4, 0.5) is 0 Å². The zero-order chi connectivity index (χ0) is 18.9. The lowest BCUT2D eigenvalue weighted by Gasteiger charge is -2.44. The molecule has 138 valence electrons. The molecule has 26 heavy (non-hydrogen) atoms. The maximum Gasteiger partial charge on any atom is 0.231 e. The van der Waals surface area contributed by atoms with Gasteiger partial charge in [-0.2, -0.15) is 0 Å². The summed E-state index contributed by atoms with van der Waals surface area (Å²) in [4.78, 5) is 13.6. The maximum atomic E-state index is 12.3. The summed E-state index contributed by atoms with van der Waals surface area (Å²) < 4.78 is 10.9. The molecular formula is C20H25N3O3. The van der Waals surface area contributed by atoms with E-state index in [2.05, 4.69) is 23.5 Å². The fraction of sp³-hybridized carbons (Fsp3) is 0.400. The molecule has 1 saturated heterocycles. The molecule has 0 aromatic heterocycles.